The van der Waals surface area contributed by atoms with Gasteiger partial charge < -0.3 is 20.0 Å². The summed E-state index contributed by atoms with van der Waals surface area (Å²) in [5, 5.41) is 1.00. The topological polar surface area (TPSA) is 71.4 Å². The SMILES string of the molecule is Cc1ccc2oc3c(N4CCC[C@H](N(C)C)C4)nc(N)nc3c2c1. The molecule has 6 nitrogen and oxygen atoms in total. The van der Waals surface area contributed by atoms with Gasteiger partial charge in [0.2, 0.25) is 5.95 Å². The molecule has 0 aliphatic carbocycles. The molecule has 4 rings (SSSR count). The number of fused-ring (bicyclic) bond motifs is 3. The first-order valence-corrected chi connectivity index (χ1v) is 8.40. The zero-order valence-electron chi connectivity index (χ0n) is 14.4. The molecular weight excluding hydrogens is 302 g/mol. The van der Waals surface area contributed by atoms with Crippen LogP contribution in [0.15, 0.2) is 22.6 Å². The number of nitrogens with two attached hydrogens (primary N) is 1. The Labute approximate surface area is 141 Å². The Morgan fingerprint density at radius 1 is 1.29 bits per heavy atom. The molecule has 126 valence electrons. The highest BCUT2D eigenvalue weighted by molar-refractivity contribution is 6.06. The Hall–Kier alpha value is -2.34. The number of nitrogens with zero attached hydrogens (tertiary/aromatic N) is 4. The molecule has 2 N–H and O–H groups in total. The number of furan rings is 1. The molecule has 1 aliphatic rings. The third-order valence-electron chi connectivity index (χ3n) is 4.89. The van der Waals surface area contributed by atoms with Gasteiger partial charge in [0.05, 0.1) is 0 Å². The van der Waals surface area contributed by atoms with Crippen molar-refractivity contribution in [2.24, 2.45) is 0 Å². The van der Waals surface area contributed by atoms with Gasteiger partial charge in [-0.1, -0.05) is 11.6 Å². The number of piperidine rings is 1. The fraction of sp³-hybridized carbons (Fsp3) is 0.444. The molecule has 1 fully saturated rings. The van der Waals surface area contributed by atoms with Gasteiger partial charge in [0.25, 0.3) is 0 Å². The number of hydrogen-bond acceptors (Lipinski definition) is 6. The molecule has 1 aromatic carbocycles. The van der Waals surface area contributed by atoms with Gasteiger partial charge in [0, 0.05) is 24.5 Å². The average molecular weight is 325 g/mol. The van der Waals surface area contributed by atoms with Gasteiger partial charge in [-0.25, -0.2) is 4.98 Å². The van der Waals surface area contributed by atoms with E-state index < -0.39 is 0 Å². The summed E-state index contributed by atoms with van der Waals surface area (Å²) < 4.78 is 6.11. The van der Waals surface area contributed by atoms with E-state index in [0.717, 1.165) is 47.4 Å². The molecule has 0 saturated carbocycles. The van der Waals surface area contributed by atoms with E-state index in [9.17, 15) is 0 Å². The minimum absolute atomic E-state index is 0.300. The molecule has 2 aromatic heterocycles. The van der Waals surface area contributed by atoms with E-state index in [1.165, 1.54) is 12.0 Å². The van der Waals surface area contributed by atoms with Crippen molar-refractivity contribution in [3.8, 4) is 0 Å². The van der Waals surface area contributed by atoms with Crippen molar-refractivity contribution in [2.45, 2.75) is 25.8 Å². The second-order valence-corrected chi connectivity index (χ2v) is 6.89. The standard InChI is InChI=1S/C18H23N5O/c1-11-6-7-14-13(9-11)15-16(24-14)17(21-18(19)20-15)23-8-4-5-12(10-23)22(2)3/h6-7,9,12H,4-5,8,10H2,1-3H3,(H2,19,20,21)/t12-/m0/s1. The van der Waals surface area contributed by atoms with Crippen LogP contribution in [0.3, 0.4) is 0 Å². The molecule has 0 bridgehead atoms. The number of hydrogen-bond donors (Lipinski definition) is 1. The van der Waals surface area contributed by atoms with Crippen molar-refractivity contribution in [1.29, 1.82) is 0 Å². The van der Waals surface area contributed by atoms with Gasteiger partial charge in [-0.2, -0.15) is 4.98 Å². The van der Waals surface area contributed by atoms with Gasteiger partial charge in [-0.3, -0.25) is 0 Å². The van der Waals surface area contributed by atoms with E-state index in [1.807, 2.05) is 12.1 Å². The normalized spacial score (nSPS) is 18.8. The van der Waals surface area contributed by atoms with Gasteiger partial charge >= 0.3 is 0 Å². The molecule has 3 aromatic rings. The van der Waals surface area contributed by atoms with Crippen LogP contribution in [0.5, 0.6) is 0 Å². The number of anilines is 2. The first-order valence-electron chi connectivity index (χ1n) is 8.40. The van der Waals surface area contributed by atoms with E-state index in [4.69, 9.17) is 10.2 Å². The number of aryl methyl sites for hydroxylation is 1. The lowest BCUT2D eigenvalue weighted by molar-refractivity contribution is 0.257. The molecule has 1 saturated heterocycles. The van der Waals surface area contributed by atoms with Gasteiger partial charge in [0.15, 0.2) is 11.4 Å². The number of likely N-dealkylation sites (N-methyl/N-ethyl adjacent to an activating group) is 1. The minimum Gasteiger partial charge on any atom is -0.450 e. The molecule has 0 radical (unpaired) electrons. The first kappa shape index (κ1) is 15.2. The predicted octanol–water partition coefficient (Wildman–Crippen LogP) is 2.80. The summed E-state index contributed by atoms with van der Waals surface area (Å²) >= 11 is 0. The fourth-order valence-electron chi connectivity index (χ4n) is 3.54. The molecule has 6 heteroatoms. The van der Waals surface area contributed by atoms with E-state index in [-0.39, 0.29) is 0 Å². The highest BCUT2D eigenvalue weighted by Gasteiger charge is 2.26. The maximum atomic E-state index is 6.11. The van der Waals surface area contributed by atoms with Crippen LogP contribution in [-0.4, -0.2) is 48.1 Å². The molecule has 3 heterocycles. The van der Waals surface area contributed by atoms with Crippen molar-refractivity contribution in [3.63, 3.8) is 0 Å². The van der Waals surface area contributed by atoms with Crippen LogP contribution in [0.25, 0.3) is 22.1 Å². The highest BCUT2D eigenvalue weighted by atomic mass is 16.3. The summed E-state index contributed by atoms with van der Waals surface area (Å²) in [5.74, 6) is 1.12. The Kier molecular flexibility index (Phi) is 3.57. The van der Waals surface area contributed by atoms with Crippen LogP contribution < -0.4 is 10.6 Å². The number of benzene rings is 1. The largest absolute Gasteiger partial charge is 0.450 e. The lowest BCUT2D eigenvalue weighted by Crippen LogP contribution is -2.45. The lowest BCUT2D eigenvalue weighted by atomic mass is 10.0. The van der Waals surface area contributed by atoms with Gasteiger partial charge in [-0.15, -0.1) is 0 Å². The smallest absolute Gasteiger partial charge is 0.222 e. The van der Waals surface area contributed by atoms with E-state index in [2.05, 4.69) is 46.9 Å². The van der Waals surface area contributed by atoms with Crippen molar-refractivity contribution in [3.05, 3.63) is 23.8 Å². The number of nitrogen functional groups attached to an aromatic ring is 1. The second kappa shape index (κ2) is 5.63. The first-order chi connectivity index (χ1) is 11.5. The Morgan fingerprint density at radius 3 is 2.92 bits per heavy atom. The summed E-state index contributed by atoms with van der Waals surface area (Å²) in [4.78, 5) is 13.5. The van der Waals surface area contributed by atoms with Crippen LogP contribution in [0.1, 0.15) is 18.4 Å². The molecule has 1 aliphatic heterocycles. The van der Waals surface area contributed by atoms with Crippen molar-refractivity contribution in [1.82, 2.24) is 14.9 Å². The van der Waals surface area contributed by atoms with E-state index in [0.29, 0.717) is 12.0 Å². The second-order valence-electron chi connectivity index (χ2n) is 6.89. The average Bonchev–Trinajstić information content (AvgIpc) is 2.92. The Morgan fingerprint density at radius 2 is 2.12 bits per heavy atom. The van der Waals surface area contributed by atoms with Crippen LogP contribution in [0, 0.1) is 6.92 Å². The zero-order chi connectivity index (χ0) is 16.8. The summed E-state index contributed by atoms with van der Waals surface area (Å²) in [6.07, 6.45) is 2.33. The zero-order valence-corrected chi connectivity index (χ0v) is 14.4. The molecule has 0 spiro atoms. The Bertz CT molecular complexity index is 901. The fourth-order valence-corrected chi connectivity index (χ4v) is 3.54. The van der Waals surface area contributed by atoms with Crippen LogP contribution >= 0.6 is 0 Å². The maximum Gasteiger partial charge on any atom is 0.222 e. The van der Waals surface area contributed by atoms with Crippen molar-refractivity contribution >= 4 is 33.8 Å². The van der Waals surface area contributed by atoms with E-state index >= 15 is 0 Å². The van der Waals surface area contributed by atoms with Crippen LogP contribution in [-0.2, 0) is 0 Å². The third-order valence-corrected chi connectivity index (χ3v) is 4.89. The third kappa shape index (κ3) is 2.47. The predicted molar refractivity (Wildman–Crippen MR) is 97.4 cm³/mol. The van der Waals surface area contributed by atoms with Gasteiger partial charge in [0.1, 0.15) is 11.1 Å². The molecule has 0 amide bonds. The summed E-state index contributed by atoms with van der Waals surface area (Å²) in [5.41, 5.74) is 9.57. The van der Waals surface area contributed by atoms with E-state index in [1.54, 1.807) is 0 Å². The van der Waals surface area contributed by atoms with Crippen molar-refractivity contribution < 1.29 is 4.42 Å². The summed E-state index contributed by atoms with van der Waals surface area (Å²) in [6.45, 7) is 3.96. The molecular formula is C18H23N5O. The quantitative estimate of drug-likeness (QED) is 0.781. The number of aromatic nitrogens is 2. The summed E-state index contributed by atoms with van der Waals surface area (Å²) in [7, 11) is 4.25. The number of rotatable bonds is 2. The lowest BCUT2D eigenvalue weighted by Gasteiger charge is -2.36. The molecule has 0 unspecified atom stereocenters. The van der Waals surface area contributed by atoms with Crippen LogP contribution in [0.4, 0.5) is 11.8 Å². The Balaban J connectivity index is 1.87. The highest BCUT2D eigenvalue weighted by Crippen LogP contribution is 2.35. The molecule has 24 heavy (non-hydrogen) atoms. The maximum absolute atomic E-state index is 6.11. The molecule has 1 atom stereocenters. The van der Waals surface area contributed by atoms with Crippen LogP contribution in [0.2, 0.25) is 0 Å². The monoisotopic (exact) mass is 325 g/mol. The van der Waals surface area contributed by atoms with Gasteiger partial charge in [-0.05, 0) is 46.0 Å². The minimum atomic E-state index is 0.300. The van der Waals surface area contributed by atoms with Crippen molar-refractivity contribution in [2.75, 3.05) is 37.8 Å². The summed E-state index contributed by atoms with van der Waals surface area (Å²) in [6, 6.07) is 6.64.